The first-order chi connectivity index (χ1) is 6.11. The average molecular weight is 181 g/mol. The van der Waals surface area contributed by atoms with Crippen LogP contribution in [0.2, 0.25) is 0 Å². The summed E-state index contributed by atoms with van der Waals surface area (Å²) in [6, 6.07) is 0. The Balaban J connectivity index is 2.54. The van der Waals surface area contributed by atoms with E-state index in [1.165, 1.54) is 0 Å². The molecule has 1 aromatic rings. The molecule has 4 heteroatoms. The van der Waals surface area contributed by atoms with Gasteiger partial charge in [0.1, 0.15) is 5.69 Å². The van der Waals surface area contributed by atoms with E-state index in [9.17, 15) is 4.79 Å². The highest BCUT2D eigenvalue weighted by molar-refractivity contribution is 5.93. The molecular formula is C9H15N3O. The monoisotopic (exact) mass is 181 g/mol. The Labute approximate surface area is 77.7 Å². The Morgan fingerprint density at radius 3 is 2.85 bits per heavy atom. The molecule has 0 aliphatic heterocycles. The van der Waals surface area contributed by atoms with Crippen LogP contribution in [0.1, 0.15) is 29.9 Å². The van der Waals surface area contributed by atoms with Crippen LogP contribution >= 0.6 is 0 Å². The summed E-state index contributed by atoms with van der Waals surface area (Å²) >= 11 is 0. The minimum absolute atomic E-state index is 0.0799. The van der Waals surface area contributed by atoms with Crippen molar-refractivity contribution in [1.82, 2.24) is 15.5 Å². The van der Waals surface area contributed by atoms with E-state index < -0.39 is 0 Å². The van der Waals surface area contributed by atoms with Crippen LogP contribution in [0.4, 0.5) is 0 Å². The van der Waals surface area contributed by atoms with E-state index in [1.54, 1.807) is 6.20 Å². The minimum atomic E-state index is -0.0799. The molecule has 4 nitrogen and oxygen atoms in total. The molecule has 0 unspecified atom stereocenters. The van der Waals surface area contributed by atoms with Gasteiger partial charge in [0, 0.05) is 6.54 Å². The first kappa shape index (κ1) is 9.77. The lowest BCUT2D eigenvalue weighted by molar-refractivity contribution is 0.0943. The van der Waals surface area contributed by atoms with Gasteiger partial charge >= 0.3 is 0 Å². The number of nitrogens with zero attached hydrogens (tertiary/aromatic N) is 1. The van der Waals surface area contributed by atoms with Crippen molar-refractivity contribution in [1.29, 1.82) is 0 Å². The van der Waals surface area contributed by atoms with E-state index in [0.717, 1.165) is 5.56 Å². The summed E-state index contributed by atoms with van der Waals surface area (Å²) in [6.45, 7) is 6.66. The Hall–Kier alpha value is -1.32. The molecule has 0 atom stereocenters. The molecule has 0 saturated carbocycles. The van der Waals surface area contributed by atoms with E-state index in [1.807, 2.05) is 6.92 Å². The number of aryl methyl sites for hydroxylation is 1. The van der Waals surface area contributed by atoms with Crippen LogP contribution in [0.5, 0.6) is 0 Å². The number of amides is 1. The van der Waals surface area contributed by atoms with Crippen LogP contribution in [-0.4, -0.2) is 22.6 Å². The van der Waals surface area contributed by atoms with E-state index in [2.05, 4.69) is 29.4 Å². The van der Waals surface area contributed by atoms with Gasteiger partial charge in [-0.15, -0.1) is 0 Å². The average Bonchev–Trinajstić information content (AvgIpc) is 2.47. The normalized spacial score (nSPS) is 10.5. The molecule has 13 heavy (non-hydrogen) atoms. The standard InChI is InChI=1S/C9H15N3O/c1-6(2)4-10-9(13)8-7(3)5-11-12-8/h5-6H,4H2,1-3H3,(H,10,13)(H,11,12). The summed E-state index contributed by atoms with van der Waals surface area (Å²) in [7, 11) is 0. The highest BCUT2D eigenvalue weighted by Crippen LogP contribution is 2.01. The highest BCUT2D eigenvalue weighted by Gasteiger charge is 2.09. The van der Waals surface area contributed by atoms with Crippen molar-refractivity contribution in [3.05, 3.63) is 17.5 Å². The zero-order chi connectivity index (χ0) is 9.84. The third kappa shape index (κ3) is 2.57. The molecule has 0 fully saturated rings. The second kappa shape index (κ2) is 4.07. The number of hydrogen-bond acceptors (Lipinski definition) is 2. The van der Waals surface area contributed by atoms with Gasteiger partial charge in [-0.1, -0.05) is 13.8 Å². The number of rotatable bonds is 3. The largest absolute Gasteiger partial charge is 0.350 e. The van der Waals surface area contributed by atoms with Crippen LogP contribution in [0.15, 0.2) is 6.20 Å². The van der Waals surface area contributed by atoms with Crippen molar-refractivity contribution in [3.8, 4) is 0 Å². The lowest BCUT2D eigenvalue weighted by atomic mass is 10.2. The van der Waals surface area contributed by atoms with Crippen molar-refractivity contribution in [2.75, 3.05) is 6.54 Å². The summed E-state index contributed by atoms with van der Waals surface area (Å²) in [5.74, 6) is 0.385. The summed E-state index contributed by atoms with van der Waals surface area (Å²) < 4.78 is 0. The molecule has 0 bridgehead atoms. The van der Waals surface area contributed by atoms with Crippen molar-refractivity contribution in [2.45, 2.75) is 20.8 Å². The topological polar surface area (TPSA) is 57.8 Å². The van der Waals surface area contributed by atoms with Crippen molar-refractivity contribution >= 4 is 5.91 Å². The molecule has 1 heterocycles. The molecular weight excluding hydrogens is 166 g/mol. The molecule has 1 aromatic heterocycles. The molecule has 0 spiro atoms. The Bertz CT molecular complexity index is 291. The van der Waals surface area contributed by atoms with E-state index >= 15 is 0 Å². The summed E-state index contributed by atoms with van der Waals surface area (Å²) in [6.07, 6.45) is 1.64. The molecule has 72 valence electrons. The number of nitrogens with one attached hydrogen (secondary N) is 2. The van der Waals surface area contributed by atoms with Crippen molar-refractivity contribution < 1.29 is 4.79 Å². The number of H-pyrrole nitrogens is 1. The summed E-state index contributed by atoms with van der Waals surface area (Å²) in [5, 5.41) is 9.27. The van der Waals surface area contributed by atoms with Gasteiger partial charge in [0.15, 0.2) is 0 Å². The fourth-order valence-corrected chi connectivity index (χ4v) is 0.961. The van der Waals surface area contributed by atoms with Gasteiger partial charge in [0.25, 0.3) is 5.91 Å². The molecule has 0 aliphatic rings. The Morgan fingerprint density at radius 1 is 1.69 bits per heavy atom. The van der Waals surface area contributed by atoms with Crippen LogP contribution in [0.25, 0.3) is 0 Å². The van der Waals surface area contributed by atoms with Gasteiger partial charge in [0.05, 0.1) is 6.20 Å². The highest BCUT2D eigenvalue weighted by atomic mass is 16.1. The van der Waals surface area contributed by atoms with E-state index in [4.69, 9.17) is 0 Å². The third-order valence-electron chi connectivity index (χ3n) is 1.73. The molecule has 1 amide bonds. The predicted molar refractivity (Wildman–Crippen MR) is 50.5 cm³/mol. The molecule has 2 N–H and O–H groups in total. The lowest BCUT2D eigenvalue weighted by Gasteiger charge is -2.06. The molecule has 0 aliphatic carbocycles. The number of carbonyl (C=O) groups excluding carboxylic acids is 1. The SMILES string of the molecule is Cc1cn[nH]c1C(=O)NCC(C)C. The van der Waals surface area contributed by atoms with Crippen molar-refractivity contribution in [2.24, 2.45) is 5.92 Å². The predicted octanol–water partition coefficient (Wildman–Crippen LogP) is 1.10. The molecule has 0 aromatic carbocycles. The summed E-state index contributed by atoms with van der Waals surface area (Å²) in [4.78, 5) is 11.4. The lowest BCUT2D eigenvalue weighted by Crippen LogP contribution is -2.28. The maximum atomic E-state index is 11.4. The van der Waals surface area contributed by atoms with Crippen LogP contribution < -0.4 is 5.32 Å². The molecule has 1 rings (SSSR count). The van der Waals surface area contributed by atoms with Gasteiger partial charge in [0.2, 0.25) is 0 Å². The smallest absolute Gasteiger partial charge is 0.269 e. The molecule has 0 radical (unpaired) electrons. The van der Waals surface area contributed by atoms with Crippen LogP contribution in [0.3, 0.4) is 0 Å². The first-order valence-electron chi connectivity index (χ1n) is 4.39. The van der Waals surface area contributed by atoms with E-state index in [0.29, 0.717) is 18.2 Å². The fraction of sp³-hybridized carbons (Fsp3) is 0.556. The fourth-order valence-electron chi connectivity index (χ4n) is 0.961. The van der Waals surface area contributed by atoms with Gasteiger partial charge < -0.3 is 5.32 Å². The van der Waals surface area contributed by atoms with Crippen LogP contribution in [0, 0.1) is 12.8 Å². The number of aromatic nitrogens is 2. The zero-order valence-electron chi connectivity index (χ0n) is 8.22. The molecule has 0 saturated heterocycles. The maximum Gasteiger partial charge on any atom is 0.269 e. The Kier molecular flexibility index (Phi) is 3.06. The summed E-state index contributed by atoms with van der Waals surface area (Å²) in [5.41, 5.74) is 1.43. The zero-order valence-corrected chi connectivity index (χ0v) is 8.22. The second-order valence-corrected chi connectivity index (χ2v) is 3.53. The first-order valence-corrected chi connectivity index (χ1v) is 4.39. The maximum absolute atomic E-state index is 11.4. The third-order valence-corrected chi connectivity index (χ3v) is 1.73. The second-order valence-electron chi connectivity index (χ2n) is 3.53. The Morgan fingerprint density at radius 2 is 2.38 bits per heavy atom. The van der Waals surface area contributed by atoms with Gasteiger partial charge in [-0.05, 0) is 18.4 Å². The van der Waals surface area contributed by atoms with Gasteiger partial charge in [-0.2, -0.15) is 5.10 Å². The quantitative estimate of drug-likeness (QED) is 0.733. The minimum Gasteiger partial charge on any atom is -0.350 e. The van der Waals surface area contributed by atoms with E-state index in [-0.39, 0.29) is 5.91 Å². The van der Waals surface area contributed by atoms with Crippen molar-refractivity contribution in [3.63, 3.8) is 0 Å². The number of aromatic amines is 1. The number of carbonyl (C=O) groups is 1. The van der Waals surface area contributed by atoms with Gasteiger partial charge in [-0.25, -0.2) is 0 Å². The number of hydrogen-bond donors (Lipinski definition) is 2. The van der Waals surface area contributed by atoms with Crippen LogP contribution in [-0.2, 0) is 0 Å². The van der Waals surface area contributed by atoms with Gasteiger partial charge in [-0.3, -0.25) is 9.89 Å².